The van der Waals surface area contributed by atoms with E-state index in [1.165, 1.54) is 22.1 Å². The molecular formula is C85H53BN8O. The third-order valence-corrected chi connectivity index (χ3v) is 18.8. The zero-order valence-corrected chi connectivity index (χ0v) is 51.2. The van der Waals surface area contributed by atoms with Gasteiger partial charge in [-0.15, -0.1) is 0 Å². The third-order valence-electron chi connectivity index (χ3n) is 18.8. The highest BCUT2D eigenvalue weighted by molar-refractivity contribution is 7.00. The predicted octanol–water partition coefficient (Wildman–Crippen LogP) is 19.4. The summed E-state index contributed by atoms with van der Waals surface area (Å²) >= 11 is 0. The normalized spacial score (nSPS) is 12.4. The minimum Gasteiger partial charge on any atom is -0.455 e. The topological polar surface area (TPSA) is 89.0 Å². The Labute approximate surface area is 547 Å². The molecule has 4 aromatic heterocycles. The van der Waals surface area contributed by atoms with E-state index in [9.17, 15) is 0 Å². The first-order valence-corrected chi connectivity index (χ1v) is 32.1. The summed E-state index contributed by atoms with van der Waals surface area (Å²) in [7, 11) is 0. The van der Waals surface area contributed by atoms with Crippen LogP contribution in [-0.2, 0) is 0 Å². The molecule has 0 amide bonds. The van der Waals surface area contributed by atoms with E-state index in [0.29, 0.717) is 23.3 Å². The van der Waals surface area contributed by atoms with Crippen LogP contribution in [0.1, 0.15) is 0 Å². The average molecular weight is 1210 g/mol. The van der Waals surface area contributed by atoms with Gasteiger partial charge in [-0.05, 0) is 113 Å². The van der Waals surface area contributed by atoms with E-state index in [2.05, 4.69) is 269 Å². The van der Waals surface area contributed by atoms with Crippen LogP contribution in [0.4, 0.5) is 34.1 Å². The SMILES string of the molecule is c1ccc(-c2cc(-c3ccc(-n4c5ccccc5c5c6oc7ccccc7c6ccc54)c(-c4nc(-c5ccccc5)nc(-c5cccc(-c6ccc7c8c6N(c6ccccc6)c6ccccc6B8c6ccccc6N7c6ccccc6)c5)n4)c3)nc(-c3ccccc3)n2)cc1. The Kier molecular flexibility index (Phi) is 12.5. The van der Waals surface area contributed by atoms with Crippen LogP contribution < -0.4 is 26.2 Å². The molecule has 2 aliphatic rings. The Hall–Kier alpha value is -12.8. The molecule has 6 heterocycles. The van der Waals surface area contributed by atoms with Crippen molar-refractivity contribution in [2.75, 3.05) is 9.80 Å². The first-order chi connectivity index (χ1) is 47.1. The molecule has 9 nitrogen and oxygen atoms in total. The molecule has 0 aliphatic carbocycles. The summed E-state index contributed by atoms with van der Waals surface area (Å²) in [5.41, 5.74) is 23.9. The number of para-hydroxylation sites is 6. The Morgan fingerprint density at radius 3 is 1.53 bits per heavy atom. The number of rotatable bonds is 10. The van der Waals surface area contributed by atoms with Crippen molar-refractivity contribution in [1.82, 2.24) is 29.5 Å². The van der Waals surface area contributed by atoms with Crippen molar-refractivity contribution in [3.63, 3.8) is 0 Å². The number of aromatic nitrogens is 6. The van der Waals surface area contributed by atoms with Crippen LogP contribution in [0, 0.1) is 0 Å². The second-order valence-electron chi connectivity index (χ2n) is 24.3. The molecule has 2 aliphatic heterocycles. The lowest BCUT2D eigenvalue weighted by molar-refractivity contribution is 0.673. The van der Waals surface area contributed by atoms with Gasteiger partial charge in [0.15, 0.2) is 23.3 Å². The molecule has 17 aromatic rings. The van der Waals surface area contributed by atoms with E-state index in [4.69, 9.17) is 29.3 Å². The minimum absolute atomic E-state index is 0.0589. The van der Waals surface area contributed by atoms with E-state index < -0.39 is 0 Å². The summed E-state index contributed by atoms with van der Waals surface area (Å²) < 4.78 is 9.19. The van der Waals surface area contributed by atoms with Gasteiger partial charge in [0.1, 0.15) is 11.2 Å². The van der Waals surface area contributed by atoms with Crippen LogP contribution in [-0.4, -0.2) is 36.2 Å². The van der Waals surface area contributed by atoms with Gasteiger partial charge in [0.2, 0.25) is 0 Å². The Bertz CT molecular complexity index is 5810. The molecule has 0 spiro atoms. The Morgan fingerprint density at radius 2 is 0.821 bits per heavy atom. The predicted molar refractivity (Wildman–Crippen MR) is 389 cm³/mol. The highest BCUT2D eigenvalue weighted by Crippen LogP contribution is 2.49. The molecule has 0 saturated carbocycles. The summed E-state index contributed by atoms with van der Waals surface area (Å²) in [5, 5.41) is 4.23. The minimum atomic E-state index is -0.0589. The molecule has 0 radical (unpaired) electrons. The van der Waals surface area contributed by atoms with Gasteiger partial charge in [0.25, 0.3) is 6.71 Å². The lowest BCUT2D eigenvalue weighted by atomic mass is 9.33. The lowest BCUT2D eigenvalue weighted by Crippen LogP contribution is -2.61. The van der Waals surface area contributed by atoms with Gasteiger partial charge in [-0.25, -0.2) is 24.9 Å². The fraction of sp³-hybridized carbons (Fsp3) is 0. The van der Waals surface area contributed by atoms with Crippen LogP contribution in [0.25, 0.3) is 129 Å². The molecule has 442 valence electrons. The number of hydrogen-bond donors (Lipinski definition) is 0. The summed E-state index contributed by atoms with van der Waals surface area (Å²) in [6.45, 7) is -0.0589. The maximum Gasteiger partial charge on any atom is 0.252 e. The van der Waals surface area contributed by atoms with Gasteiger partial charge in [-0.1, -0.05) is 231 Å². The summed E-state index contributed by atoms with van der Waals surface area (Å²) in [6.07, 6.45) is 0. The van der Waals surface area contributed by atoms with Gasteiger partial charge in [-0.3, -0.25) is 0 Å². The zero-order chi connectivity index (χ0) is 62.5. The van der Waals surface area contributed by atoms with Crippen LogP contribution >= 0.6 is 0 Å². The molecule has 95 heavy (non-hydrogen) atoms. The van der Waals surface area contributed by atoms with Gasteiger partial charge in [-0.2, -0.15) is 0 Å². The molecule has 13 aromatic carbocycles. The molecular weight excluding hydrogens is 1160 g/mol. The second-order valence-corrected chi connectivity index (χ2v) is 24.3. The molecule has 0 atom stereocenters. The van der Waals surface area contributed by atoms with E-state index in [0.717, 1.165) is 134 Å². The number of benzene rings is 13. The van der Waals surface area contributed by atoms with E-state index in [-0.39, 0.29) is 6.71 Å². The van der Waals surface area contributed by atoms with E-state index in [1.54, 1.807) is 0 Å². The van der Waals surface area contributed by atoms with Gasteiger partial charge >= 0.3 is 0 Å². The van der Waals surface area contributed by atoms with Crippen molar-refractivity contribution in [3.05, 3.63) is 322 Å². The van der Waals surface area contributed by atoms with Crippen LogP contribution in [0.3, 0.4) is 0 Å². The van der Waals surface area contributed by atoms with E-state index in [1.807, 2.05) is 66.7 Å². The Balaban J connectivity index is 0.854. The third kappa shape index (κ3) is 8.83. The molecule has 0 unspecified atom stereocenters. The summed E-state index contributed by atoms with van der Waals surface area (Å²) in [4.78, 5) is 32.2. The number of furan rings is 1. The summed E-state index contributed by atoms with van der Waals surface area (Å²) in [5.74, 6) is 2.18. The molecule has 0 N–H and O–H groups in total. The van der Waals surface area contributed by atoms with Crippen molar-refractivity contribution in [2.24, 2.45) is 0 Å². The maximum atomic E-state index is 6.85. The maximum absolute atomic E-state index is 6.85. The van der Waals surface area contributed by atoms with E-state index >= 15 is 0 Å². The van der Waals surface area contributed by atoms with Crippen molar-refractivity contribution in [1.29, 1.82) is 0 Å². The van der Waals surface area contributed by atoms with Crippen LogP contribution in [0.5, 0.6) is 0 Å². The molecule has 19 rings (SSSR count). The van der Waals surface area contributed by atoms with Gasteiger partial charge in [0.05, 0.1) is 39.2 Å². The molecule has 0 bridgehead atoms. The largest absolute Gasteiger partial charge is 0.455 e. The molecule has 0 fully saturated rings. The van der Waals surface area contributed by atoms with Crippen molar-refractivity contribution < 1.29 is 4.42 Å². The first-order valence-electron chi connectivity index (χ1n) is 32.1. The average Bonchev–Trinajstić information content (AvgIpc) is 1.09. The highest BCUT2D eigenvalue weighted by Gasteiger charge is 2.44. The second kappa shape index (κ2) is 22.0. The van der Waals surface area contributed by atoms with Crippen LogP contribution in [0.15, 0.2) is 326 Å². The highest BCUT2D eigenvalue weighted by atomic mass is 16.3. The van der Waals surface area contributed by atoms with Gasteiger partial charge < -0.3 is 18.8 Å². The summed E-state index contributed by atoms with van der Waals surface area (Å²) in [6, 6.07) is 113. The monoisotopic (exact) mass is 1210 g/mol. The van der Waals surface area contributed by atoms with Crippen LogP contribution in [0.2, 0.25) is 0 Å². The lowest BCUT2D eigenvalue weighted by Gasteiger charge is -2.45. The van der Waals surface area contributed by atoms with Crippen molar-refractivity contribution >= 4 is 101 Å². The van der Waals surface area contributed by atoms with Gasteiger partial charge in [0, 0.05) is 83.5 Å². The first kappa shape index (κ1) is 54.0. The quantitative estimate of drug-likeness (QED) is 0.125. The number of anilines is 6. The van der Waals surface area contributed by atoms with Crippen molar-refractivity contribution in [2.45, 2.75) is 0 Å². The molecule has 10 heteroatoms. The smallest absolute Gasteiger partial charge is 0.252 e. The number of nitrogens with zero attached hydrogens (tertiary/aromatic N) is 8. The zero-order valence-electron chi connectivity index (χ0n) is 51.2. The number of fused-ring (bicyclic) bond motifs is 11. The van der Waals surface area contributed by atoms with Crippen molar-refractivity contribution in [3.8, 4) is 84.9 Å². The fourth-order valence-corrected chi connectivity index (χ4v) is 14.7. The number of hydrogen-bond acceptors (Lipinski definition) is 8. The fourth-order valence-electron chi connectivity index (χ4n) is 14.7. The Morgan fingerprint density at radius 1 is 0.295 bits per heavy atom. The standard InChI is InChI=1S/C85H53BN8O/c1-6-25-54(26-7-1)69-53-70(88-82(87-69)55-27-8-2-9-28-55)58-45-48-72(94-71-41-20-16-38-65(71)78-75(94)49-47-64-63-37-17-23-44-77(63)95-81(64)78)66(52-58)85-90-83(56-29-10-3-11-30-56)89-84(91-85)59-32-24-31-57(51-59)62-46-50-76-79-80(62)93(61-35-14-5-15-36-61)74-43-22-19-40-68(74)86(79)67-39-18-21-42-73(67)92(76)60-33-12-4-13-34-60/h1-53H. The molecule has 0 saturated heterocycles.